The van der Waals surface area contributed by atoms with E-state index in [1.807, 2.05) is 6.19 Å². The van der Waals surface area contributed by atoms with E-state index in [4.69, 9.17) is 5.26 Å². The summed E-state index contributed by atoms with van der Waals surface area (Å²) in [5, 5.41) is 14.5. The Hall–Kier alpha value is -2.88. The highest BCUT2D eigenvalue weighted by atomic mass is 16.2. The number of benzene rings is 1. The first-order valence-corrected chi connectivity index (χ1v) is 8.28. The van der Waals surface area contributed by atoms with Gasteiger partial charge in [-0.2, -0.15) is 5.26 Å². The van der Waals surface area contributed by atoms with Crippen molar-refractivity contribution in [3.63, 3.8) is 0 Å². The molecule has 0 aromatic heterocycles. The lowest BCUT2D eigenvalue weighted by Gasteiger charge is -2.32. The summed E-state index contributed by atoms with van der Waals surface area (Å²) in [6.45, 7) is 1.40. The molecule has 2 N–H and O–H groups in total. The zero-order valence-electron chi connectivity index (χ0n) is 14.4. The van der Waals surface area contributed by atoms with Gasteiger partial charge in [-0.15, -0.1) is 0 Å². The summed E-state index contributed by atoms with van der Waals surface area (Å²) < 4.78 is 0. The van der Waals surface area contributed by atoms with Crippen LogP contribution in [-0.4, -0.2) is 35.7 Å². The van der Waals surface area contributed by atoms with Crippen LogP contribution in [0.15, 0.2) is 24.3 Å². The molecule has 2 atom stereocenters. The number of nitrogens with one attached hydrogen (secondary N) is 2. The minimum atomic E-state index is -0.388. The lowest BCUT2D eigenvalue weighted by Crippen LogP contribution is -2.48. The number of carbonyl (C=O) groups is 3. The number of hydrogen-bond acceptors (Lipinski definition) is 4. The van der Waals surface area contributed by atoms with Gasteiger partial charge in [0.05, 0.1) is 5.92 Å². The predicted molar refractivity (Wildman–Crippen MR) is 92.3 cm³/mol. The summed E-state index contributed by atoms with van der Waals surface area (Å²) in [4.78, 5) is 37.0. The number of nitrogens with zero attached hydrogens (tertiary/aromatic N) is 2. The molecule has 3 amide bonds. The average molecular weight is 342 g/mol. The van der Waals surface area contributed by atoms with Crippen molar-refractivity contribution in [1.82, 2.24) is 10.2 Å². The molecule has 0 aliphatic heterocycles. The molecule has 7 nitrogen and oxygen atoms in total. The second-order valence-corrected chi connectivity index (χ2v) is 6.23. The van der Waals surface area contributed by atoms with Crippen LogP contribution in [0, 0.1) is 17.4 Å². The predicted octanol–water partition coefficient (Wildman–Crippen LogP) is 1.87. The molecule has 2 rings (SSSR count). The van der Waals surface area contributed by atoms with Gasteiger partial charge in [-0.3, -0.25) is 19.3 Å². The Balaban J connectivity index is 2.11. The van der Waals surface area contributed by atoms with E-state index in [-0.39, 0.29) is 29.7 Å². The highest BCUT2D eigenvalue weighted by molar-refractivity contribution is 5.97. The molecule has 0 radical (unpaired) electrons. The Morgan fingerprint density at radius 2 is 1.96 bits per heavy atom. The fraction of sp³-hybridized carbons (Fsp3) is 0.444. The van der Waals surface area contributed by atoms with Gasteiger partial charge in [-0.25, -0.2) is 0 Å². The Kier molecular flexibility index (Phi) is 6.12. The molecule has 25 heavy (non-hydrogen) atoms. The minimum Gasteiger partial charge on any atom is -0.349 e. The number of anilines is 1. The maximum Gasteiger partial charge on any atom is 0.251 e. The average Bonchev–Trinajstić information content (AvgIpc) is 2.60. The van der Waals surface area contributed by atoms with E-state index >= 15 is 0 Å². The summed E-state index contributed by atoms with van der Waals surface area (Å²) in [6.07, 6.45) is 5.01. The van der Waals surface area contributed by atoms with Crippen LogP contribution in [0.3, 0.4) is 0 Å². The Labute approximate surface area is 147 Å². The molecular formula is C18H22N4O3. The van der Waals surface area contributed by atoms with Crippen molar-refractivity contribution >= 4 is 23.4 Å². The van der Waals surface area contributed by atoms with E-state index in [2.05, 4.69) is 10.6 Å². The van der Waals surface area contributed by atoms with E-state index in [0.29, 0.717) is 24.1 Å². The van der Waals surface area contributed by atoms with Crippen molar-refractivity contribution < 1.29 is 14.4 Å². The summed E-state index contributed by atoms with van der Waals surface area (Å²) in [5.41, 5.74) is 0.956. The van der Waals surface area contributed by atoms with Crippen LogP contribution < -0.4 is 10.6 Å². The Morgan fingerprint density at radius 1 is 1.24 bits per heavy atom. The van der Waals surface area contributed by atoms with Crippen molar-refractivity contribution in [2.24, 2.45) is 5.92 Å². The van der Waals surface area contributed by atoms with E-state index in [0.717, 1.165) is 17.7 Å². The standard InChI is InChI=1S/C18H22N4O3/c1-12(23)20-14-7-5-6-13(10-14)17(24)21-16-9-4-3-8-15(16)18(25)22(2)11-19/h5-7,10,15-16H,3-4,8-9H2,1-2H3,(H,20,23)(H,21,24)/t15-,16+/m0/s1. The maximum absolute atomic E-state index is 12.5. The smallest absolute Gasteiger partial charge is 0.251 e. The van der Waals surface area contributed by atoms with Gasteiger partial charge in [-0.1, -0.05) is 18.9 Å². The molecule has 1 fully saturated rings. The molecule has 1 aromatic rings. The van der Waals surface area contributed by atoms with Gasteiger partial charge >= 0.3 is 0 Å². The molecule has 0 unspecified atom stereocenters. The van der Waals surface area contributed by atoms with Gasteiger partial charge in [0.2, 0.25) is 11.8 Å². The minimum absolute atomic E-state index is 0.213. The lowest BCUT2D eigenvalue weighted by atomic mass is 9.83. The Morgan fingerprint density at radius 3 is 2.64 bits per heavy atom. The number of nitriles is 1. The van der Waals surface area contributed by atoms with Crippen LogP contribution in [0.4, 0.5) is 5.69 Å². The van der Waals surface area contributed by atoms with Crippen LogP contribution >= 0.6 is 0 Å². The Bertz CT molecular complexity index is 711. The number of carbonyl (C=O) groups excluding carboxylic acids is 3. The molecule has 0 spiro atoms. The van der Waals surface area contributed by atoms with Crippen LogP contribution in [-0.2, 0) is 9.59 Å². The molecule has 0 saturated heterocycles. The van der Waals surface area contributed by atoms with E-state index in [1.165, 1.54) is 14.0 Å². The SMILES string of the molecule is CC(=O)Nc1cccc(C(=O)N[C@@H]2CCCC[C@@H]2C(=O)N(C)C#N)c1. The largest absolute Gasteiger partial charge is 0.349 e. The first kappa shape index (κ1) is 18.5. The monoisotopic (exact) mass is 342 g/mol. The lowest BCUT2D eigenvalue weighted by molar-refractivity contribution is -0.133. The quantitative estimate of drug-likeness (QED) is 0.644. The van der Waals surface area contributed by atoms with E-state index in [9.17, 15) is 14.4 Å². The van der Waals surface area contributed by atoms with Crippen LogP contribution in [0.5, 0.6) is 0 Å². The van der Waals surface area contributed by atoms with Gasteiger partial charge in [0.15, 0.2) is 6.19 Å². The molecule has 1 aliphatic carbocycles. The summed E-state index contributed by atoms with van der Waals surface area (Å²) in [6, 6.07) is 6.34. The molecule has 1 aliphatic rings. The highest BCUT2D eigenvalue weighted by Gasteiger charge is 2.34. The first-order valence-electron chi connectivity index (χ1n) is 8.28. The van der Waals surface area contributed by atoms with Gasteiger partial charge < -0.3 is 10.6 Å². The number of hydrogen-bond donors (Lipinski definition) is 2. The van der Waals surface area contributed by atoms with Crippen molar-refractivity contribution in [1.29, 1.82) is 5.26 Å². The van der Waals surface area contributed by atoms with E-state index in [1.54, 1.807) is 24.3 Å². The van der Waals surface area contributed by atoms with Crippen molar-refractivity contribution in [2.75, 3.05) is 12.4 Å². The molecule has 1 saturated carbocycles. The third-order valence-electron chi connectivity index (χ3n) is 4.33. The normalized spacial score (nSPS) is 19.4. The fourth-order valence-corrected chi connectivity index (χ4v) is 3.09. The molecule has 7 heteroatoms. The van der Waals surface area contributed by atoms with Crippen LogP contribution in [0.1, 0.15) is 43.0 Å². The molecular weight excluding hydrogens is 320 g/mol. The third-order valence-corrected chi connectivity index (χ3v) is 4.33. The molecule has 0 heterocycles. The van der Waals surface area contributed by atoms with Crippen LogP contribution in [0.25, 0.3) is 0 Å². The molecule has 132 valence electrons. The van der Waals surface area contributed by atoms with E-state index < -0.39 is 0 Å². The highest BCUT2D eigenvalue weighted by Crippen LogP contribution is 2.26. The second kappa shape index (κ2) is 8.29. The third kappa shape index (κ3) is 4.80. The number of rotatable bonds is 4. The van der Waals surface area contributed by atoms with Gasteiger partial charge in [0.1, 0.15) is 0 Å². The van der Waals surface area contributed by atoms with Gasteiger partial charge in [0.25, 0.3) is 5.91 Å². The maximum atomic E-state index is 12.5. The zero-order chi connectivity index (χ0) is 18.4. The van der Waals surface area contributed by atoms with Crippen LogP contribution in [0.2, 0.25) is 0 Å². The first-order chi connectivity index (χ1) is 11.9. The summed E-state index contributed by atoms with van der Waals surface area (Å²) >= 11 is 0. The molecule has 1 aromatic carbocycles. The van der Waals surface area contributed by atoms with Crippen molar-refractivity contribution in [3.05, 3.63) is 29.8 Å². The van der Waals surface area contributed by atoms with Gasteiger partial charge in [0, 0.05) is 31.3 Å². The number of amides is 3. The van der Waals surface area contributed by atoms with Crippen molar-refractivity contribution in [2.45, 2.75) is 38.6 Å². The summed E-state index contributed by atoms with van der Waals surface area (Å²) in [7, 11) is 1.44. The van der Waals surface area contributed by atoms with Crippen molar-refractivity contribution in [3.8, 4) is 6.19 Å². The summed E-state index contributed by atoms with van der Waals surface area (Å²) in [5.74, 6) is -1.16. The van der Waals surface area contributed by atoms with Gasteiger partial charge in [-0.05, 0) is 31.0 Å². The zero-order valence-corrected chi connectivity index (χ0v) is 14.4. The topological polar surface area (TPSA) is 102 Å². The second-order valence-electron chi connectivity index (χ2n) is 6.23. The fourth-order valence-electron chi connectivity index (χ4n) is 3.09. The molecule has 0 bridgehead atoms.